The number of aryl methyl sites for hydroxylation is 2. The lowest BCUT2D eigenvalue weighted by Crippen LogP contribution is -2.24. The summed E-state index contributed by atoms with van der Waals surface area (Å²) >= 11 is 2.64. The molecule has 0 fully saturated rings. The Labute approximate surface area is 194 Å². The summed E-state index contributed by atoms with van der Waals surface area (Å²) < 4.78 is 7.46. The molecule has 1 amide bonds. The van der Waals surface area contributed by atoms with E-state index >= 15 is 0 Å². The molecule has 0 aliphatic carbocycles. The molecule has 6 nitrogen and oxygen atoms in total. The quantitative estimate of drug-likeness (QED) is 0.312. The maximum atomic E-state index is 13.2. The zero-order valence-electron chi connectivity index (χ0n) is 18.0. The Bertz CT molecular complexity index is 1330. The van der Waals surface area contributed by atoms with Crippen molar-refractivity contribution in [3.63, 3.8) is 0 Å². The van der Waals surface area contributed by atoms with Crippen molar-refractivity contribution >= 4 is 44.9 Å². The molecule has 0 saturated heterocycles. The molecule has 0 aliphatic rings. The standard InChI is InChI=1S/C24H23N3O3S2/c1-15-4-5-16(2)20(12-15)25-21(28)14-32-24-26-19-10-11-31-22(19)23(29)27(24)13-17-6-8-18(30-3)9-7-17/h4-12H,13-14H2,1-3H3,(H,25,28). The number of aromatic nitrogens is 2. The number of nitrogens with one attached hydrogen (secondary N) is 1. The van der Waals surface area contributed by atoms with Gasteiger partial charge in [-0.2, -0.15) is 0 Å². The first-order valence-corrected chi connectivity index (χ1v) is 11.9. The number of anilines is 1. The van der Waals surface area contributed by atoms with Crippen LogP contribution >= 0.6 is 23.1 Å². The Kier molecular flexibility index (Phi) is 6.62. The van der Waals surface area contributed by atoms with Gasteiger partial charge < -0.3 is 10.1 Å². The van der Waals surface area contributed by atoms with Crippen molar-refractivity contribution in [3.05, 3.63) is 81.0 Å². The molecule has 32 heavy (non-hydrogen) atoms. The van der Waals surface area contributed by atoms with Gasteiger partial charge in [0.2, 0.25) is 5.91 Å². The summed E-state index contributed by atoms with van der Waals surface area (Å²) in [7, 11) is 1.62. The van der Waals surface area contributed by atoms with Crippen LogP contribution in [0.1, 0.15) is 16.7 Å². The molecule has 2 aromatic heterocycles. The summed E-state index contributed by atoms with van der Waals surface area (Å²) in [5, 5.41) is 5.34. The summed E-state index contributed by atoms with van der Waals surface area (Å²) in [5.74, 6) is 0.767. The molecule has 2 heterocycles. The second kappa shape index (κ2) is 9.58. The van der Waals surface area contributed by atoms with E-state index in [0.717, 1.165) is 28.1 Å². The van der Waals surface area contributed by atoms with Gasteiger partial charge in [0, 0.05) is 5.69 Å². The van der Waals surface area contributed by atoms with Crippen molar-refractivity contribution < 1.29 is 9.53 Å². The monoisotopic (exact) mass is 465 g/mol. The molecule has 4 aromatic rings. The third-order valence-corrected chi connectivity index (χ3v) is 6.90. The molecule has 4 rings (SSSR count). The minimum absolute atomic E-state index is 0.0988. The van der Waals surface area contributed by atoms with Crippen LogP contribution in [0.2, 0.25) is 0 Å². The predicted molar refractivity (Wildman–Crippen MR) is 131 cm³/mol. The van der Waals surface area contributed by atoms with Crippen molar-refractivity contribution in [3.8, 4) is 5.75 Å². The van der Waals surface area contributed by atoms with Crippen LogP contribution in [-0.2, 0) is 11.3 Å². The summed E-state index contributed by atoms with van der Waals surface area (Å²) in [6.45, 7) is 4.31. The fourth-order valence-electron chi connectivity index (χ4n) is 3.27. The minimum Gasteiger partial charge on any atom is -0.497 e. The van der Waals surface area contributed by atoms with E-state index in [1.807, 2.05) is 67.8 Å². The van der Waals surface area contributed by atoms with Gasteiger partial charge in [-0.3, -0.25) is 14.2 Å². The molecule has 0 atom stereocenters. The molecular weight excluding hydrogens is 442 g/mol. The van der Waals surface area contributed by atoms with Crippen LogP contribution < -0.4 is 15.6 Å². The number of benzene rings is 2. The van der Waals surface area contributed by atoms with Gasteiger partial charge in [0.05, 0.1) is 24.9 Å². The van der Waals surface area contributed by atoms with Gasteiger partial charge in [-0.1, -0.05) is 36.0 Å². The number of ether oxygens (including phenoxy) is 1. The third kappa shape index (κ3) is 4.87. The number of thiophene rings is 1. The van der Waals surface area contributed by atoms with Gasteiger partial charge in [-0.05, 0) is 60.2 Å². The van der Waals surface area contributed by atoms with Gasteiger partial charge >= 0.3 is 0 Å². The maximum absolute atomic E-state index is 13.2. The number of methoxy groups -OCH3 is 1. The molecule has 1 N–H and O–H groups in total. The van der Waals surface area contributed by atoms with Crippen LogP contribution in [0, 0.1) is 13.8 Å². The van der Waals surface area contributed by atoms with Gasteiger partial charge in [0.1, 0.15) is 10.4 Å². The SMILES string of the molecule is COc1ccc(Cn2c(SCC(=O)Nc3cc(C)ccc3C)nc3ccsc3c2=O)cc1. The summed E-state index contributed by atoms with van der Waals surface area (Å²) in [5.41, 5.74) is 4.39. The molecule has 0 saturated carbocycles. The Hall–Kier alpha value is -3.10. The Morgan fingerprint density at radius 3 is 2.69 bits per heavy atom. The van der Waals surface area contributed by atoms with Crippen molar-refractivity contribution in [1.29, 1.82) is 0 Å². The van der Waals surface area contributed by atoms with Gasteiger partial charge in [0.15, 0.2) is 5.16 Å². The third-order valence-electron chi connectivity index (χ3n) is 5.03. The lowest BCUT2D eigenvalue weighted by atomic mass is 10.1. The Morgan fingerprint density at radius 1 is 1.16 bits per heavy atom. The van der Waals surface area contributed by atoms with Crippen molar-refractivity contribution in [2.45, 2.75) is 25.5 Å². The number of fused-ring (bicyclic) bond motifs is 1. The fourth-order valence-corrected chi connectivity index (χ4v) is 4.85. The molecule has 8 heteroatoms. The van der Waals surface area contributed by atoms with Crippen LogP contribution in [0.4, 0.5) is 5.69 Å². The summed E-state index contributed by atoms with van der Waals surface area (Å²) in [6.07, 6.45) is 0. The number of carbonyl (C=O) groups is 1. The first-order valence-electron chi connectivity index (χ1n) is 10.1. The van der Waals surface area contributed by atoms with E-state index in [2.05, 4.69) is 10.3 Å². The minimum atomic E-state index is -0.139. The lowest BCUT2D eigenvalue weighted by molar-refractivity contribution is -0.113. The number of thioether (sulfide) groups is 1. The highest BCUT2D eigenvalue weighted by molar-refractivity contribution is 7.99. The molecule has 0 aliphatic heterocycles. The van der Waals surface area contributed by atoms with Crippen LogP contribution in [0.15, 0.2) is 63.9 Å². The number of rotatable bonds is 7. The van der Waals surface area contributed by atoms with E-state index < -0.39 is 0 Å². The van der Waals surface area contributed by atoms with Crippen LogP contribution in [0.5, 0.6) is 5.75 Å². The number of amides is 1. The average molecular weight is 466 g/mol. The molecule has 0 unspecified atom stereocenters. The van der Waals surface area contributed by atoms with Crippen LogP contribution in [0.25, 0.3) is 10.2 Å². The van der Waals surface area contributed by atoms with Crippen molar-refractivity contribution in [2.75, 3.05) is 18.2 Å². The van der Waals surface area contributed by atoms with E-state index in [-0.39, 0.29) is 17.2 Å². The second-order valence-corrected chi connectivity index (χ2v) is 9.28. The second-order valence-electron chi connectivity index (χ2n) is 7.42. The van der Waals surface area contributed by atoms with E-state index in [4.69, 9.17) is 4.74 Å². The van der Waals surface area contributed by atoms with Crippen molar-refractivity contribution in [2.24, 2.45) is 0 Å². The van der Waals surface area contributed by atoms with E-state index in [9.17, 15) is 9.59 Å². The molecule has 2 aromatic carbocycles. The normalized spacial score (nSPS) is 11.0. The molecule has 0 spiro atoms. The van der Waals surface area contributed by atoms with E-state index in [0.29, 0.717) is 21.9 Å². The van der Waals surface area contributed by atoms with Gasteiger partial charge in [-0.15, -0.1) is 11.3 Å². The van der Waals surface area contributed by atoms with E-state index in [1.54, 1.807) is 11.7 Å². The number of hydrogen-bond acceptors (Lipinski definition) is 6. The lowest BCUT2D eigenvalue weighted by Gasteiger charge is -2.13. The predicted octanol–water partition coefficient (Wildman–Crippen LogP) is 4.86. The molecule has 0 bridgehead atoms. The van der Waals surface area contributed by atoms with Crippen molar-refractivity contribution in [1.82, 2.24) is 9.55 Å². The Morgan fingerprint density at radius 2 is 1.94 bits per heavy atom. The first-order chi connectivity index (χ1) is 15.4. The van der Waals surface area contributed by atoms with Crippen LogP contribution in [-0.4, -0.2) is 28.3 Å². The summed E-state index contributed by atoms with van der Waals surface area (Å²) in [6, 6.07) is 15.3. The molecule has 0 radical (unpaired) electrons. The highest BCUT2D eigenvalue weighted by atomic mass is 32.2. The van der Waals surface area contributed by atoms with Crippen LogP contribution in [0.3, 0.4) is 0 Å². The zero-order valence-corrected chi connectivity index (χ0v) is 19.7. The van der Waals surface area contributed by atoms with Gasteiger partial charge in [-0.25, -0.2) is 4.98 Å². The smallest absolute Gasteiger partial charge is 0.272 e. The first kappa shape index (κ1) is 22.1. The molecule has 164 valence electrons. The largest absolute Gasteiger partial charge is 0.497 e. The average Bonchev–Trinajstić information content (AvgIpc) is 3.26. The highest BCUT2D eigenvalue weighted by Crippen LogP contribution is 2.23. The number of carbonyl (C=O) groups excluding carboxylic acids is 1. The maximum Gasteiger partial charge on any atom is 0.272 e. The highest BCUT2D eigenvalue weighted by Gasteiger charge is 2.15. The Balaban J connectivity index is 1.58. The molecular formula is C24H23N3O3S2. The topological polar surface area (TPSA) is 73.2 Å². The summed E-state index contributed by atoms with van der Waals surface area (Å²) in [4.78, 5) is 30.4. The fraction of sp³-hybridized carbons (Fsp3) is 0.208. The van der Waals surface area contributed by atoms with E-state index in [1.165, 1.54) is 23.1 Å². The van der Waals surface area contributed by atoms with Gasteiger partial charge in [0.25, 0.3) is 5.56 Å². The number of nitrogens with zero attached hydrogens (tertiary/aromatic N) is 2. The zero-order chi connectivity index (χ0) is 22.7. The number of hydrogen-bond donors (Lipinski definition) is 1.